The van der Waals surface area contributed by atoms with E-state index in [1.165, 1.54) is 5.57 Å². The summed E-state index contributed by atoms with van der Waals surface area (Å²) in [7, 11) is 0. The number of carbonyl (C=O) groups is 2. The van der Waals surface area contributed by atoms with E-state index in [0.717, 1.165) is 29.9 Å². The van der Waals surface area contributed by atoms with Crippen molar-refractivity contribution >= 4 is 34.5 Å². The van der Waals surface area contributed by atoms with Crippen LogP contribution in [0.3, 0.4) is 0 Å². The summed E-state index contributed by atoms with van der Waals surface area (Å²) in [5.41, 5.74) is 12.2. The number of rotatable bonds is 12. The van der Waals surface area contributed by atoms with Crippen molar-refractivity contribution in [2.24, 2.45) is 5.92 Å². The fraction of sp³-hybridized carbons (Fsp3) is 0.385. The van der Waals surface area contributed by atoms with Crippen molar-refractivity contribution in [3.05, 3.63) is 89.9 Å². The van der Waals surface area contributed by atoms with Crippen LogP contribution in [0, 0.1) is 11.3 Å². The smallest absolute Gasteiger partial charge is 0.237 e. The number of likely N-dealkylation sites (tertiary alicyclic amines) is 1. The highest BCUT2D eigenvalue weighted by atomic mass is 16.5. The number of hydrogen-bond donors (Lipinski definition) is 2. The lowest BCUT2D eigenvalue weighted by molar-refractivity contribution is -0.132. The zero-order valence-corrected chi connectivity index (χ0v) is 29.9. The molecular weight excluding hydrogens is 642 g/mol. The molecule has 0 spiro atoms. The fourth-order valence-corrected chi connectivity index (χ4v) is 6.65. The van der Waals surface area contributed by atoms with Gasteiger partial charge in [-0.25, -0.2) is 9.97 Å². The minimum Gasteiger partial charge on any atom is -0.475 e. The van der Waals surface area contributed by atoms with Gasteiger partial charge in [0.15, 0.2) is 5.82 Å². The number of pyridine rings is 1. The highest BCUT2D eigenvalue weighted by molar-refractivity contribution is 6.14. The number of nitrogens with one attached hydrogen (secondary N) is 1. The van der Waals surface area contributed by atoms with Crippen molar-refractivity contribution in [3.63, 3.8) is 0 Å². The SMILES string of the molecule is CCN(C(=O)C1CCN(CC(=O)N2CC=C(c3ccc(-c4ncn(CC)n4)cc3)CC2)C1)c1ccc(N)c(C(=N)c2ccc(OC(C)C)nc2)c1. The van der Waals surface area contributed by atoms with Gasteiger partial charge < -0.3 is 20.3 Å². The lowest BCUT2D eigenvalue weighted by Gasteiger charge is -2.29. The Morgan fingerprint density at radius 2 is 1.82 bits per heavy atom. The first kappa shape index (κ1) is 35.5. The molecule has 1 saturated heterocycles. The van der Waals surface area contributed by atoms with E-state index in [4.69, 9.17) is 15.9 Å². The highest BCUT2D eigenvalue weighted by Gasteiger charge is 2.33. The Balaban J connectivity index is 1.03. The molecule has 4 aromatic rings. The van der Waals surface area contributed by atoms with Crippen LogP contribution in [0.2, 0.25) is 0 Å². The Morgan fingerprint density at radius 1 is 1.04 bits per heavy atom. The summed E-state index contributed by atoms with van der Waals surface area (Å²) in [5.74, 6) is 1.08. The maximum Gasteiger partial charge on any atom is 0.237 e. The average Bonchev–Trinajstić information content (AvgIpc) is 3.83. The number of benzene rings is 2. The van der Waals surface area contributed by atoms with E-state index in [2.05, 4.69) is 38.2 Å². The molecule has 1 atom stereocenters. The first-order valence-corrected chi connectivity index (χ1v) is 17.8. The van der Waals surface area contributed by atoms with Crippen LogP contribution in [0.15, 0.2) is 73.2 Å². The highest BCUT2D eigenvalue weighted by Crippen LogP contribution is 2.29. The largest absolute Gasteiger partial charge is 0.475 e. The molecule has 2 amide bonds. The molecule has 12 nitrogen and oxygen atoms in total. The fourth-order valence-electron chi connectivity index (χ4n) is 6.65. The maximum absolute atomic E-state index is 13.8. The molecule has 1 fully saturated rings. The number of amides is 2. The first-order chi connectivity index (χ1) is 24.6. The molecule has 2 aromatic heterocycles. The zero-order valence-electron chi connectivity index (χ0n) is 29.9. The predicted octanol–water partition coefficient (Wildman–Crippen LogP) is 5.14. The van der Waals surface area contributed by atoms with Gasteiger partial charge in [-0.3, -0.25) is 24.6 Å². The van der Waals surface area contributed by atoms with E-state index < -0.39 is 0 Å². The van der Waals surface area contributed by atoms with E-state index in [1.807, 2.05) is 55.5 Å². The van der Waals surface area contributed by atoms with Gasteiger partial charge >= 0.3 is 0 Å². The summed E-state index contributed by atoms with van der Waals surface area (Å²) in [5, 5.41) is 13.3. The van der Waals surface area contributed by atoms with Crippen LogP contribution in [-0.2, 0) is 16.1 Å². The zero-order chi connectivity index (χ0) is 36.1. The summed E-state index contributed by atoms with van der Waals surface area (Å²) in [6.07, 6.45) is 6.96. The second-order valence-electron chi connectivity index (χ2n) is 13.3. The molecule has 3 N–H and O–H groups in total. The third-order valence-electron chi connectivity index (χ3n) is 9.50. The molecule has 0 bridgehead atoms. The van der Waals surface area contributed by atoms with Gasteiger partial charge in [-0.1, -0.05) is 30.3 Å². The van der Waals surface area contributed by atoms with Crippen molar-refractivity contribution in [2.75, 3.05) is 49.9 Å². The van der Waals surface area contributed by atoms with Crippen LogP contribution in [0.4, 0.5) is 11.4 Å². The molecule has 0 radical (unpaired) electrons. The standard InChI is InChI=1S/C39H47N9O3/c1-5-47-25-43-38(44-47)29-9-7-27(8-10-29)28-16-19-46(20-17-28)36(49)24-45-18-15-31(23-45)39(50)48(6-2)32-12-13-34(40)33(21-32)37(41)30-11-14-35(42-22-30)51-26(3)4/h7-14,16,21-22,25-26,31,41H,5-6,15,17-20,23-24,40H2,1-4H3. The van der Waals surface area contributed by atoms with Crippen molar-refractivity contribution in [1.29, 1.82) is 5.41 Å². The molecule has 0 aliphatic carbocycles. The number of anilines is 2. The van der Waals surface area contributed by atoms with E-state index in [9.17, 15) is 9.59 Å². The molecular formula is C39H47N9O3. The van der Waals surface area contributed by atoms with E-state index in [0.29, 0.717) is 74.1 Å². The Hall–Kier alpha value is -5.36. The van der Waals surface area contributed by atoms with Crippen LogP contribution in [-0.4, -0.2) is 92.4 Å². The Morgan fingerprint density at radius 3 is 2.47 bits per heavy atom. The lowest BCUT2D eigenvalue weighted by Crippen LogP contribution is -2.42. The lowest BCUT2D eigenvalue weighted by atomic mass is 9.98. The minimum absolute atomic E-state index is 0.00169. The molecule has 2 aromatic carbocycles. The van der Waals surface area contributed by atoms with Crippen molar-refractivity contribution < 1.29 is 14.3 Å². The number of nitrogen functional groups attached to an aromatic ring is 1. The van der Waals surface area contributed by atoms with Gasteiger partial charge in [-0.15, -0.1) is 0 Å². The summed E-state index contributed by atoms with van der Waals surface area (Å²) < 4.78 is 7.45. The van der Waals surface area contributed by atoms with Crippen LogP contribution in [0.1, 0.15) is 57.2 Å². The molecule has 6 rings (SSSR count). The third kappa shape index (κ3) is 8.18. The molecule has 4 heterocycles. The summed E-state index contributed by atoms with van der Waals surface area (Å²) in [6, 6.07) is 17.2. The van der Waals surface area contributed by atoms with Gasteiger partial charge in [0.1, 0.15) is 6.33 Å². The number of nitrogens with zero attached hydrogens (tertiary/aromatic N) is 7. The first-order valence-electron chi connectivity index (χ1n) is 17.8. The molecule has 0 saturated carbocycles. The van der Waals surface area contributed by atoms with Gasteiger partial charge in [-0.05, 0) is 82.5 Å². The maximum atomic E-state index is 13.8. The molecule has 2 aliphatic heterocycles. The molecule has 266 valence electrons. The van der Waals surface area contributed by atoms with Gasteiger partial charge in [0.05, 0.1) is 24.3 Å². The van der Waals surface area contributed by atoms with Crippen molar-refractivity contribution in [3.8, 4) is 17.3 Å². The van der Waals surface area contributed by atoms with Gasteiger partial charge in [-0.2, -0.15) is 5.10 Å². The van der Waals surface area contributed by atoms with Crippen LogP contribution in [0.25, 0.3) is 17.0 Å². The monoisotopic (exact) mass is 689 g/mol. The second-order valence-corrected chi connectivity index (χ2v) is 13.3. The molecule has 1 unspecified atom stereocenters. The minimum atomic E-state index is -0.224. The summed E-state index contributed by atoms with van der Waals surface area (Å²) in [6.45, 7) is 11.8. The van der Waals surface area contributed by atoms with Gasteiger partial charge in [0, 0.05) is 73.1 Å². The number of aromatic nitrogens is 4. The van der Waals surface area contributed by atoms with Crippen LogP contribution >= 0.6 is 0 Å². The number of ether oxygens (including phenoxy) is 1. The topological polar surface area (TPSA) is 147 Å². The van der Waals surface area contributed by atoms with E-state index in [1.54, 1.807) is 41.7 Å². The van der Waals surface area contributed by atoms with Crippen molar-refractivity contribution in [2.45, 2.75) is 53.2 Å². The molecule has 2 aliphatic rings. The normalized spacial score (nSPS) is 16.3. The predicted molar refractivity (Wildman–Crippen MR) is 200 cm³/mol. The number of nitrogens with two attached hydrogens (primary N) is 1. The molecule has 51 heavy (non-hydrogen) atoms. The number of carbonyl (C=O) groups excluding carboxylic acids is 2. The van der Waals surface area contributed by atoms with Gasteiger partial charge in [0.25, 0.3) is 0 Å². The van der Waals surface area contributed by atoms with Gasteiger partial charge in [0.2, 0.25) is 17.7 Å². The van der Waals surface area contributed by atoms with Crippen LogP contribution < -0.4 is 15.4 Å². The Labute approximate surface area is 299 Å². The Kier molecular flexibility index (Phi) is 10.9. The third-order valence-corrected chi connectivity index (χ3v) is 9.50. The summed E-state index contributed by atoms with van der Waals surface area (Å²) >= 11 is 0. The summed E-state index contributed by atoms with van der Waals surface area (Å²) in [4.78, 5) is 41.6. The van der Waals surface area contributed by atoms with Crippen molar-refractivity contribution in [1.82, 2.24) is 29.5 Å². The van der Waals surface area contributed by atoms with E-state index in [-0.39, 0.29) is 29.5 Å². The number of aryl methyl sites for hydroxylation is 1. The quantitative estimate of drug-likeness (QED) is 0.154. The van der Waals surface area contributed by atoms with Crippen LogP contribution in [0.5, 0.6) is 5.88 Å². The average molecular weight is 690 g/mol. The second kappa shape index (κ2) is 15.7. The number of hydrogen-bond acceptors (Lipinski definition) is 9. The molecule has 12 heteroatoms. The Bertz CT molecular complexity index is 1900. The van der Waals surface area contributed by atoms with E-state index >= 15 is 0 Å².